The van der Waals surface area contributed by atoms with Crippen LogP contribution in [0.25, 0.3) is 0 Å². The van der Waals surface area contributed by atoms with E-state index in [0.717, 1.165) is 0 Å². The predicted octanol–water partition coefficient (Wildman–Crippen LogP) is 1.02. The topological polar surface area (TPSA) is 78.3 Å². The highest BCUT2D eigenvalue weighted by Gasteiger charge is 2.48. The number of sulfone groups is 1. The molecule has 2 atom stereocenters. The molecule has 2 aliphatic heterocycles. The second-order valence-electron chi connectivity index (χ2n) is 5.02. The predicted molar refractivity (Wildman–Crippen MR) is 79.0 cm³/mol. The van der Waals surface area contributed by atoms with Gasteiger partial charge >= 0.3 is 0 Å². The maximum atomic E-state index is 12.2. The molecule has 1 aromatic carbocycles. The van der Waals surface area contributed by atoms with E-state index in [0.29, 0.717) is 10.7 Å². The van der Waals surface area contributed by atoms with E-state index in [1.54, 1.807) is 29.2 Å². The van der Waals surface area contributed by atoms with Crippen molar-refractivity contribution >= 4 is 32.6 Å². The second-order valence-corrected chi connectivity index (χ2v) is 8.40. The number of rotatable bonds is 3. The van der Waals surface area contributed by atoms with Crippen LogP contribution in [0, 0.1) is 5.41 Å². The van der Waals surface area contributed by atoms with Crippen molar-refractivity contribution in [2.24, 2.45) is 0 Å². The third-order valence-electron chi connectivity index (χ3n) is 3.61. The minimum absolute atomic E-state index is 0.0507. The van der Waals surface area contributed by atoms with Crippen LogP contribution in [0.15, 0.2) is 30.3 Å². The lowest BCUT2D eigenvalue weighted by atomic mass is 10.1. The Bertz CT molecular complexity index is 657. The van der Waals surface area contributed by atoms with Crippen LogP contribution >= 0.6 is 11.8 Å². The molecule has 2 saturated heterocycles. The van der Waals surface area contributed by atoms with E-state index in [-0.39, 0.29) is 35.1 Å². The SMILES string of the molecule is N=C1S[C@H]2CS(=O)(=O)C[C@@H]2N1CC(=O)c1ccccc1. The zero-order valence-corrected chi connectivity index (χ0v) is 12.3. The molecule has 0 spiro atoms. The molecule has 0 radical (unpaired) electrons. The lowest BCUT2D eigenvalue weighted by molar-refractivity contribution is 0.0955. The van der Waals surface area contributed by atoms with Crippen LogP contribution < -0.4 is 0 Å². The van der Waals surface area contributed by atoms with Crippen molar-refractivity contribution in [1.82, 2.24) is 4.90 Å². The molecule has 106 valence electrons. The van der Waals surface area contributed by atoms with Crippen molar-refractivity contribution in [3.8, 4) is 0 Å². The van der Waals surface area contributed by atoms with Crippen molar-refractivity contribution in [1.29, 1.82) is 5.41 Å². The monoisotopic (exact) mass is 310 g/mol. The van der Waals surface area contributed by atoms with Crippen LogP contribution in [-0.4, -0.2) is 53.6 Å². The summed E-state index contributed by atoms with van der Waals surface area (Å²) in [5.74, 6) is 0.0801. The van der Waals surface area contributed by atoms with Crippen LogP contribution in [0.4, 0.5) is 0 Å². The normalized spacial score (nSPS) is 27.6. The fourth-order valence-corrected chi connectivity index (χ4v) is 6.45. The lowest BCUT2D eigenvalue weighted by Gasteiger charge is -2.22. The first kappa shape index (κ1) is 13.6. The number of carbonyl (C=O) groups is 1. The van der Waals surface area contributed by atoms with Crippen molar-refractivity contribution in [2.45, 2.75) is 11.3 Å². The van der Waals surface area contributed by atoms with Gasteiger partial charge in [0.15, 0.2) is 20.8 Å². The molecule has 0 bridgehead atoms. The van der Waals surface area contributed by atoms with Gasteiger partial charge in [0.05, 0.1) is 24.1 Å². The number of fused-ring (bicyclic) bond motifs is 1. The Morgan fingerprint density at radius 2 is 2.00 bits per heavy atom. The molecule has 0 aliphatic carbocycles. The molecule has 0 saturated carbocycles. The third-order valence-corrected chi connectivity index (χ3v) is 6.77. The summed E-state index contributed by atoms with van der Waals surface area (Å²) < 4.78 is 23.3. The zero-order valence-electron chi connectivity index (χ0n) is 10.7. The Hall–Kier alpha value is -1.34. The molecule has 0 aromatic heterocycles. The average molecular weight is 310 g/mol. The molecule has 0 amide bonds. The standard InChI is InChI=1S/C13H14N2O3S2/c14-13-15(6-11(16)9-4-2-1-3-5-9)10-7-20(17,18)8-12(10)19-13/h1-5,10,12,14H,6-8H2/t10-,12-/m0/s1. The van der Waals surface area contributed by atoms with E-state index in [1.807, 2.05) is 6.07 Å². The van der Waals surface area contributed by atoms with E-state index in [9.17, 15) is 13.2 Å². The van der Waals surface area contributed by atoms with Gasteiger partial charge in [0.2, 0.25) is 0 Å². The number of hydrogen-bond acceptors (Lipinski definition) is 5. The molecule has 5 nitrogen and oxygen atoms in total. The van der Waals surface area contributed by atoms with E-state index < -0.39 is 9.84 Å². The van der Waals surface area contributed by atoms with Crippen LogP contribution in [0.2, 0.25) is 0 Å². The second kappa shape index (κ2) is 4.89. The van der Waals surface area contributed by atoms with E-state index >= 15 is 0 Å². The van der Waals surface area contributed by atoms with Gasteiger partial charge in [-0.1, -0.05) is 42.1 Å². The number of Topliss-reactive ketones (excluding diaryl/α,β-unsaturated/α-hetero) is 1. The van der Waals surface area contributed by atoms with Gasteiger partial charge in [-0.05, 0) is 0 Å². The van der Waals surface area contributed by atoms with Gasteiger partial charge in [0, 0.05) is 10.8 Å². The minimum atomic E-state index is -3.03. The fourth-order valence-electron chi connectivity index (χ4n) is 2.62. The Morgan fingerprint density at radius 1 is 1.30 bits per heavy atom. The van der Waals surface area contributed by atoms with Crippen molar-refractivity contribution in [2.75, 3.05) is 18.1 Å². The Balaban J connectivity index is 1.77. The molecular weight excluding hydrogens is 296 g/mol. The minimum Gasteiger partial charge on any atom is -0.339 e. The summed E-state index contributed by atoms with van der Waals surface area (Å²) in [6.45, 7) is 0.0759. The van der Waals surface area contributed by atoms with Crippen molar-refractivity contribution < 1.29 is 13.2 Å². The van der Waals surface area contributed by atoms with E-state index in [4.69, 9.17) is 5.41 Å². The Morgan fingerprint density at radius 3 is 2.70 bits per heavy atom. The van der Waals surface area contributed by atoms with Crippen LogP contribution in [0.5, 0.6) is 0 Å². The number of amidine groups is 1. The van der Waals surface area contributed by atoms with Crippen LogP contribution in [0.3, 0.4) is 0 Å². The molecule has 2 aliphatic rings. The summed E-state index contributed by atoms with van der Waals surface area (Å²) in [6.07, 6.45) is 0. The van der Waals surface area contributed by atoms with Gasteiger partial charge in [0.25, 0.3) is 0 Å². The van der Waals surface area contributed by atoms with Crippen molar-refractivity contribution in [3.05, 3.63) is 35.9 Å². The first-order chi connectivity index (χ1) is 9.46. The summed E-state index contributed by atoms with van der Waals surface area (Å²) >= 11 is 1.26. The molecule has 20 heavy (non-hydrogen) atoms. The van der Waals surface area contributed by atoms with Crippen LogP contribution in [0.1, 0.15) is 10.4 Å². The first-order valence-corrected chi connectivity index (χ1v) is 8.97. The molecule has 1 N–H and O–H groups in total. The number of hydrogen-bond donors (Lipinski definition) is 1. The Labute approximate surface area is 121 Å². The smallest absolute Gasteiger partial charge is 0.182 e. The molecule has 0 unspecified atom stereocenters. The average Bonchev–Trinajstić information content (AvgIpc) is 2.84. The first-order valence-electron chi connectivity index (χ1n) is 6.27. The van der Waals surface area contributed by atoms with Gasteiger partial charge < -0.3 is 4.90 Å². The zero-order chi connectivity index (χ0) is 14.3. The quantitative estimate of drug-likeness (QED) is 0.843. The summed E-state index contributed by atoms with van der Waals surface area (Å²) in [4.78, 5) is 13.8. The molecule has 1 aromatic rings. The van der Waals surface area contributed by atoms with Gasteiger partial charge in [0.1, 0.15) is 0 Å². The van der Waals surface area contributed by atoms with Gasteiger partial charge in [-0.2, -0.15) is 0 Å². The fraction of sp³-hybridized carbons (Fsp3) is 0.385. The molecule has 2 heterocycles. The number of thioether (sulfide) groups is 1. The molecular formula is C13H14N2O3S2. The molecule has 7 heteroatoms. The third kappa shape index (κ3) is 2.47. The van der Waals surface area contributed by atoms with Gasteiger partial charge in [-0.3, -0.25) is 10.2 Å². The molecule has 2 fully saturated rings. The maximum Gasteiger partial charge on any atom is 0.182 e. The number of nitrogens with one attached hydrogen (secondary N) is 1. The number of nitrogens with zero attached hydrogens (tertiary/aromatic N) is 1. The van der Waals surface area contributed by atoms with Gasteiger partial charge in [-0.25, -0.2) is 8.42 Å². The van der Waals surface area contributed by atoms with Crippen molar-refractivity contribution in [3.63, 3.8) is 0 Å². The van der Waals surface area contributed by atoms with Gasteiger partial charge in [-0.15, -0.1) is 0 Å². The number of ketones is 1. The summed E-state index contributed by atoms with van der Waals surface area (Å²) in [6, 6.07) is 8.66. The number of carbonyl (C=O) groups excluding carboxylic acids is 1. The highest BCUT2D eigenvalue weighted by Crippen LogP contribution is 2.37. The highest BCUT2D eigenvalue weighted by molar-refractivity contribution is 8.15. The van der Waals surface area contributed by atoms with Crippen LogP contribution in [-0.2, 0) is 9.84 Å². The summed E-state index contributed by atoms with van der Waals surface area (Å²) in [7, 11) is -3.03. The summed E-state index contributed by atoms with van der Waals surface area (Å²) in [5, 5.41) is 8.13. The highest BCUT2D eigenvalue weighted by atomic mass is 32.2. The molecule has 3 rings (SSSR count). The van der Waals surface area contributed by atoms with E-state index in [2.05, 4.69) is 0 Å². The summed E-state index contributed by atoms with van der Waals surface area (Å²) in [5.41, 5.74) is 0.592. The van der Waals surface area contributed by atoms with E-state index in [1.165, 1.54) is 11.8 Å². The number of benzene rings is 1. The Kier molecular flexibility index (Phi) is 3.33. The maximum absolute atomic E-state index is 12.2. The lowest BCUT2D eigenvalue weighted by Crippen LogP contribution is -2.40. The largest absolute Gasteiger partial charge is 0.339 e.